The van der Waals surface area contributed by atoms with Crippen LogP contribution in [0.1, 0.15) is 116 Å². The zero-order valence-corrected chi connectivity index (χ0v) is 74.5. The molecule has 10 heterocycles. The molecule has 0 saturated carbocycles. The number of unbranched alkanes of at least 4 members (excludes halogenated alkanes) is 5. The van der Waals surface area contributed by atoms with Gasteiger partial charge in [-0.2, -0.15) is 0 Å². The van der Waals surface area contributed by atoms with E-state index >= 15 is 0 Å². The van der Waals surface area contributed by atoms with Gasteiger partial charge in [0.05, 0.1) is 113 Å². The number of likely N-dealkylation sites (N-methyl/N-ethyl adjacent to an activating group) is 8. The SMILES string of the molecule is COCCCCOCCN1C2C(N(C)C3C4N(CCN3C)CC3=C(CN5CCN(C)C(OC)=C5CCCCCN42)N(CCCOC)CCN3CCCOC)N(C)C2C1N(CCCOCCCOC)C1C(N(C)C(OC)C(CCCCCN3CCN(C)C4=C3N(CCCCOCCOC)CCN4C)N1CCCCOCCOC)N2C. The van der Waals surface area contributed by atoms with E-state index in [1.807, 2.05) is 35.5 Å². The number of piperazine rings is 5. The second-order valence-electron chi connectivity index (χ2n) is 33.8. The van der Waals surface area contributed by atoms with Crippen LogP contribution in [0.4, 0.5) is 0 Å². The van der Waals surface area contributed by atoms with Crippen molar-refractivity contribution in [3.8, 4) is 0 Å². The van der Waals surface area contributed by atoms with Gasteiger partial charge >= 0.3 is 0 Å². The van der Waals surface area contributed by atoms with Crippen LogP contribution >= 0.6 is 0 Å². The molecule has 5 fully saturated rings. The minimum atomic E-state index is -0.149. The molecule has 0 radical (unpaired) electrons. The molecule has 30 heteroatoms. The summed E-state index contributed by atoms with van der Waals surface area (Å²) in [5.74, 6) is 3.80. The molecule has 30 nitrogen and oxygen atoms in total. The van der Waals surface area contributed by atoms with Crippen molar-refractivity contribution in [1.29, 1.82) is 0 Å². The Morgan fingerprint density at radius 2 is 0.789 bits per heavy atom. The Labute approximate surface area is 690 Å². The molecule has 114 heavy (non-hydrogen) atoms. The maximum Gasteiger partial charge on any atom is 0.208 e. The van der Waals surface area contributed by atoms with Crippen molar-refractivity contribution >= 4 is 0 Å². The highest BCUT2D eigenvalue weighted by Gasteiger charge is 2.66. The molecule has 660 valence electrons. The number of nitrogens with zero attached hydrogens (tertiary/aromatic N) is 18. The fourth-order valence-electron chi connectivity index (χ4n) is 20.8. The number of methoxy groups -OCH3 is 8. The molecule has 0 bridgehead atoms. The second kappa shape index (κ2) is 48.9. The molecule has 10 rings (SSSR count). The Bertz CT molecular complexity index is 2810. The van der Waals surface area contributed by atoms with Crippen LogP contribution < -0.4 is 0 Å². The minimum Gasteiger partial charge on any atom is -0.481 e. The molecule has 0 spiro atoms. The van der Waals surface area contributed by atoms with Crippen LogP contribution in [0.15, 0.2) is 34.6 Å². The van der Waals surface area contributed by atoms with Crippen LogP contribution in [0.2, 0.25) is 0 Å². The molecule has 0 aromatic heterocycles. The van der Waals surface area contributed by atoms with Gasteiger partial charge in [0.15, 0.2) is 0 Å². The van der Waals surface area contributed by atoms with E-state index in [0.717, 1.165) is 279 Å². The van der Waals surface area contributed by atoms with E-state index in [4.69, 9.17) is 56.8 Å². The standard InChI is InChI=1S/C84H162N18O12/c1-85-42-46-95(78-73(85)86(2)43-47-96(78)36-23-25-57-113-65-63-107-13)35-21-17-20-34-70-84(110-16)92(8)77-80(99(70)39-24-26-58-114-66-64-108-14)101(41-31-60-111-61-32-56-106-12)82-76(91(77)7)90(6)75-81(102(82)52-62-112-59-28-27-53-103-9)100-40-22-18-19-33-69-83(109-15)88(4)45-48-97(69)67-71-72(68-98-49-44-87(3)74(79(98)100)89(75)5)94(38-30-55-105-11)51-50-93(71)37-29-54-104-10/h70,74-77,79-82,84H,17-68H2,1-16H3. The van der Waals surface area contributed by atoms with Gasteiger partial charge in [0.2, 0.25) is 5.88 Å². The van der Waals surface area contributed by atoms with Crippen molar-refractivity contribution in [3.05, 3.63) is 34.6 Å². The average Bonchev–Trinajstić information content (AvgIpc) is 0.690. The predicted molar refractivity (Wildman–Crippen MR) is 448 cm³/mol. The van der Waals surface area contributed by atoms with Gasteiger partial charge in [0.25, 0.3) is 0 Å². The lowest BCUT2D eigenvalue weighted by atomic mass is 9.91. The van der Waals surface area contributed by atoms with Gasteiger partial charge in [-0.3, -0.25) is 49.0 Å². The maximum absolute atomic E-state index is 7.04. The lowest BCUT2D eigenvalue weighted by molar-refractivity contribution is -0.339. The third-order valence-electron chi connectivity index (χ3n) is 26.4. The molecule has 10 aliphatic heterocycles. The van der Waals surface area contributed by atoms with E-state index in [1.165, 1.54) is 28.7 Å². The number of rotatable bonds is 48. The van der Waals surface area contributed by atoms with Crippen LogP contribution in [-0.4, -0.2) is 486 Å². The molecule has 0 aliphatic carbocycles. The van der Waals surface area contributed by atoms with Crippen LogP contribution in [0.5, 0.6) is 0 Å². The van der Waals surface area contributed by atoms with Crippen LogP contribution in [0, 0.1) is 0 Å². The lowest BCUT2D eigenvalue weighted by Crippen LogP contribution is -2.92. The Morgan fingerprint density at radius 3 is 1.43 bits per heavy atom. The molecule has 0 amide bonds. The van der Waals surface area contributed by atoms with Gasteiger partial charge in [-0.15, -0.1) is 0 Å². The highest BCUT2D eigenvalue weighted by atomic mass is 16.5. The fraction of sp³-hybridized carbons (Fsp3) is 0.929. The second-order valence-corrected chi connectivity index (χ2v) is 33.8. The van der Waals surface area contributed by atoms with Gasteiger partial charge in [-0.05, 0) is 132 Å². The zero-order chi connectivity index (χ0) is 80.9. The van der Waals surface area contributed by atoms with Crippen molar-refractivity contribution in [2.24, 2.45) is 0 Å². The molecule has 5 saturated heterocycles. The van der Waals surface area contributed by atoms with Crippen LogP contribution in [0.3, 0.4) is 0 Å². The largest absolute Gasteiger partial charge is 0.481 e. The Kier molecular flexibility index (Phi) is 39.8. The van der Waals surface area contributed by atoms with Gasteiger partial charge in [0.1, 0.15) is 17.9 Å². The first kappa shape index (κ1) is 92.9. The topological polar surface area (TPSA) is 169 Å². The Hall–Kier alpha value is -3.42. The number of hydrogen-bond acceptors (Lipinski definition) is 30. The monoisotopic (exact) mass is 1620 g/mol. The zero-order valence-electron chi connectivity index (χ0n) is 74.5. The summed E-state index contributed by atoms with van der Waals surface area (Å²) in [6, 6.07) is 0.113. The van der Waals surface area contributed by atoms with Crippen molar-refractivity contribution in [2.75, 3.05) is 337 Å². The highest BCUT2D eigenvalue weighted by Crippen LogP contribution is 2.47. The first-order chi connectivity index (χ1) is 55.7. The Morgan fingerprint density at radius 1 is 0.307 bits per heavy atom. The number of allylic oxidation sites excluding steroid dienone is 1. The Balaban J connectivity index is 1.05. The van der Waals surface area contributed by atoms with Crippen LogP contribution in [0.25, 0.3) is 0 Å². The van der Waals surface area contributed by atoms with Crippen molar-refractivity contribution in [1.82, 2.24) is 88.2 Å². The molecule has 10 atom stereocenters. The smallest absolute Gasteiger partial charge is 0.208 e. The quantitative estimate of drug-likeness (QED) is 0.0771. The van der Waals surface area contributed by atoms with Crippen molar-refractivity contribution in [2.45, 2.75) is 177 Å². The summed E-state index contributed by atoms with van der Waals surface area (Å²) in [6.07, 6.45) is 18.2. The summed E-state index contributed by atoms with van der Waals surface area (Å²) < 4.78 is 72.9. The normalized spacial score (nSPS) is 27.5. The first-order valence-corrected chi connectivity index (χ1v) is 44.5. The molecular formula is C84H162N18O12. The van der Waals surface area contributed by atoms with Crippen LogP contribution in [-0.2, 0) is 56.8 Å². The third kappa shape index (κ3) is 23.4. The summed E-state index contributed by atoms with van der Waals surface area (Å²) in [7, 11) is 33.7. The minimum absolute atomic E-state index is 0.00694. The first-order valence-electron chi connectivity index (χ1n) is 44.5. The van der Waals surface area contributed by atoms with E-state index in [9.17, 15) is 0 Å². The van der Waals surface area contributed by atoms with Gasteiger partial charge in [-0.25, -0.2) is 0 Å². The van der Waals surface area contributed by atoms with E-state index < -0.39 is 0 Å². The van der Waals surface area contributed by atoms with Crippen molar-refractivity contribution in [3.63, 3.8) is 0 Å². The summed E-state index contributed by atoms with van der Waals surface area (Å²) in [4.78, 5) is 49.9. The fourth-order valence-corrected chi connectivity index (χ4v) is 20.8. The molecule has 0 aromatic carbocycles. The molecule has 10 aliphatic rings. The van der Waals surface area contributed by atoms with E-state index in [2.05, 4.69) is 145 Å². The number of ether oxygens (including phenoxy) is 12. The predicted octanol–water partition coefficient (Wildman–Crippen LogP) is 4.67. The molecule has 10 unspecified atom stereocenters. The summed E-state index contributed by atoms with van der Waals surface area (Å²) in [5.41, 5.74) is 4.26. The van der Waals surface area contributed by atoms with E-state index in [1.54, 1.807) is 21.3 Å². The third-order valence-corrected chi connectivity index (χ3v) is 26.4. The lowest BCUT2D eigenvalue weighted by Gasteiger charge is -2.73. The molecule has 0 N–H and O–H groups in total. The molecular weight excluding hydrogens is 1450 g/mol. The average molecular weight is 1620 g/mol. The van der Waals surface area contributed by atoms with Crippen molar-refractivity contribution < 1.29 is 56.8 Å². The van der Waals surface area contributed by atoms with E-state index in [0.29, 0.717) is 66.1 Å². The number of hydrogen-bond donors (Lipinski definition) is 0. The molecule has 0 aromatic rings. The maximum atomic E-state index is 7.04. The summed E-state index contributed by atoms with van der Waals surface area (Å²) in [5, 5.41) is 0. The van der Waals surface area contributed by atoms with Gasteiger partial charge in [0, 0.05) is 260 Å². The summed E-state index contributed by atoms with van der Waals surface area (Å²) in [6.45, 7) is 28.5. The van der Waals surface area contributed by atoms with Gasteiger partial charge in [-0.1, -0.05) is 19.3 Å². The van der Waals surface area contributed by atoms with E-state index in [-0.39, 0.29) is 61.6 Å². The number of fused-ring (bicyclic) bond motifs is 5. The summed E-state index contributed by atoms with van der Waals surface area (Å²) >= 11 is 0. The highest BCUT2D eigenvalue weighted by molar-refractivity contribution is 5.25. The van der Waals surface area contributed by atoms with Gasteiger partial charge < -0.3 is 96.0 Å².